The molecule has 3 N–H and O–H groups in total. The number of nitrogens with two attached hydrogens (primary N) is 1. The molecular formula is C50H88NO8P. The van der Waals surface area contributed by atoms with Gasteiger partial charge in [-0.1, -0.05) is 196 Å². The van der Waals surface area contributed by atoms with Crippen molar-refractivity contribution in [2.75, 3.05) is 26.4 Å². The Morgan fingerprint density at radius 3 is 1.37 bits per heavy atom. The lowest BCUT2D eigenvalue weighted by Crippen LogP contribution is -2.29. The maximum Gasteiger partial charge on any atom is 0.472 e. The highest BCUT2D eigenvalue weighted by Gasteiger charge is 2.26. The zero-order valence-corrected chi connectivity index (χ0v) is 39.1. The fourth-order valence-corrected chi connectivity index (χ4v) is 7.11. The van der Waals surface area contributed by atoms with Gasteiger partial charge in [-0.3, -0.25) is 18.6 Å². The Hall–Kier alpha value is -2.55. The molecule has 0 saturated heterocycles. The molecule has 0 radical (unpaired) electrons. The molecule has 0 aromatic rings. The second kappa shape index (κ2) is 46.0. The van der Waals surface area contributed by atoms with E-state index in [4.69, 9.17) is 24.3 Å². The number of allylic oxidation sites excluding steroid dienone is 12. The first kappa shape index (κ1) is 57.4. The molecule has 0 rings (SSSR count). The third-order valence-electron chi connectivity index (χ3n) is 9.86. The Morgan fingerprint density at radius 2 is 0.917 bits per heavy atom. The first-order chi connectivity index (χ1) is 29.3. The van der Waals surface area contributed by atoms with Gasteiger partial charge >= 0.3 is 19.8 Å². The Bertz CT molecular complexity index is 1210. The molecule has 0 bridgehead atoms. The highest BCUT2D eigenvalue weighted by atomic mass is 31.2. The molecule has 0 heterocycles. The normalized spacial score (nSPS) is 13.9. The van der Waals surface area contributed by atoms with E-state index < -0.39 is 26.5 Å². The van der Waals surface area contributed by atoms with E-state index in [0.717, 1.165) is 83.5 Å². The molecule has 9 nitrogen and oxygen atoms in total. The van der Waals surface area contributed by atoms with E-state index >= 15 is 0 Å². The van der Waals surface area contributed by atoms with Gasteiger partial charge in [0.15, 0.2) is 6.10 Å². The predicted octanol–water partition coefficient (Wildman–Crippen LogP) is 14.2. The topological polar surface area (TPSA) is 134 Å². The summed E-state index contributed by atoms with van der Waals surface area (Å²) in [5.74, 6) is -0.857. The Balaban J connectivity index is 4.16. The molecule has 10 heteroatoms. The fourth-order valence-electron chi connectivity index (χ4n) is 6.34. The van der Waals surface area contributed by atoms with Crippen molar-refractivity contribution in [2.24, 2.45) is 5.73 Å². The van der Waals surface area contributed by atoms with E-state index in [-0.39, 0.29) is 38.6 Å². The van der Waals surface area contributed by atoms with Crippen LogP contribution in [-0.4, -0.2) is 49.3 Å². The van der Waals surface area contributed by atoms with Gasteiger partial charge in [-0.25, -0.2) is 4.57 Å². The highest BCUT2D eigenvalue weighted by molar-refractivity contribution is 7.47. The number of phosphoric acid groups is 1. The zero-order valence-electron chi connectivity index (χ0n) is 38.2. The number of carbonyl (C=O) groups is 2. The minimum atomic E-state index is -4.39. The van der Waals surface area contributed by atoms with E-state index in [1.165, 1.54) is 83.5 Å². The van der Waals surface area contributed by atoms with Gasteiger partial charge in [-0.2, -0.15) is 0 Å². The molecule has 0 aliphatic rings. The van der Waals surface area contributed by atoms with Crippen LogP contribution in [0.1, 0.15) is 200 Å². The van der Waals surface area contributed by atoms with Crippen LogP contribution in [0, 0.1) is 0 Å². The Kier molecular flexibility index (Phi) is 44.0. The number of esters is 2. The van der Waals surface area contributed by atoms with E-state index in [1.54, 1.807) is 0 Å². The average Bonchev–Trinajstić information content (AvgIpc) is 3.24. The zero-order chi connectivity index (χ0) is 43.9. The van der Waals surface area contributed by atoms with Gasteiger partial charge in [-0.15, -0.1) is 0 Å². The second-order valence-electron chi connectivity index (χ2n) is 15.6. The van der Waals surface area contributed by atoms with E-state index in [1.807, 2.05) is 0 Å². The summed E-state index contributed by atoms with van der Waals surface area (Å²) in [5, 5.41) is 0. The maximum absolute atomic E-state index is 12.6. The largest absolute Gasteiger partial charge is 0.472 e. The van der Waals surface area contributed by atoms with Crippen molar-refractivity contribution in [1.29, 1.82) is 0 Å². The lowest BCUT2D eigenvalue weighted by Gasteiger charge is -2.19. The molecule has 0 saturated carbocycles. The van der Waals surface area contributed by atoms with Crippen LogP contribution in [0.25, 0.3) is 0 Å². The van der Waals surface area contributed by atoms with Crippen LogP contribution >= 0.6 is 7.82 Å². The number of rotatable bonds is 44. The molecular weight excluding hydrogens is 774 g/mol. The minimum absolute atomic E-state index is 0.0463. The van der Waals surface area contributed by atoms with Crippen LogP contribution in [0.15, 0.2) is 72.9 Å². The van der Waals surface area contributed by atoms with Gasteiger partial charge in [0.25, 0.3) is 0 Å². The number of phosphoric ester groups is 1. The maximum atomic E-state index is 12.6. The van der Waals surface area contributed by atoms with Crippen molar-refractivity contribution >= 4 is 19.8 Å². The molecule has 2 unspecified atom stereocenters. The second-order valence-corrected chi connectivity index (χ2v) is 17.1. The van der Waals surface area contributed by atoms with Gasteiger partial charge in [0.05, 0.1) is 13.2 Å². The molecule has 0 aliphatic carbocycles. The molecule has 2 atom stereocenters. The number of hydrogen-bond acceptors (Lipinski definition) is 8. The van der Waals surface area contributed by atoms with Gasteiger partial charge < -0.3 is 20.1 Å². The highest BCUT2D eigenvalue weighted by Crippen LogP contribution is 2.43. The van der Waals surface area contributed by atoms with Crippen molar-refractivity contribution in [3.8, 4) is 0 Å². The van der Waals surface area contributed by atoms with Crippen molar-refractivity contribution in [3.05, 3.63) is 72.9 Å². The molecule has 0 amide bonds. The van der Waals surface area contributed by atoms with Gasteiger partial charge in [0.2, 0.25) is 0 Å². The Labute approximate surface area is 367 Å². The molecule has 0 aromatic carbocycles. The van der Waals surface area contributed by atoms with Gasteiger partial charge in [0, 0.05) is 19.4 Å². The van der Waals surface area contributed by atoms with Crippen LogP contribution in [0.5, 0.6) is 0 Å². The lowest BCUT2D eigenvalue weighted by atomic mass is 10.0. The van der Waals surface area contributed by atoms with E-state index in [0.29, 0.717) is 6.42 Å². The van der Waals surface area contributed by atoms with Crippen LogP contribution in [0.4, 0.5) is 0 Å². The summed E-state index contributed by atoms with van der Waals surface area (Å²) >= 11 is 0. The van der Waals surface area contributed by atoms with Crippen molar-refractivity contribution < 1.29 is 37.6 Å². The lowest BCUT2D eigenvalue weighted by molar-refractivity contribution is -0.161. The minimum Gasteiger partial charge on any atom is -0.462 e. The number of ether oxygens (including phenoxy) is 2. The summed E-state index contributed by atoms with van der Waals surface area (Å²) in [4.78, 5) is 35.0. The van der Waals surface area contributed by atoms with E-state index in [9.17, 15) is 19.0 Å². The fraction of sp³-hybridized carbons (Fsp3) is 0.720. The quantitative estimate of drug-likeness (QED) is 0.0266. The molecule has 0 aliphatic heterocycles. The van der Waals surface area contributed by atoms with Crippen molar-refractivity contribution in [1.82, 2.24) is 0 Å². The van der Waals surface area contributed by atoms with E-state index in [2.05, 4.69) is 86.8 Å². The Morgan fingerprint density at radius 1 is 0.517 bits per heavy atom. The number of carbonyl (C=O) groups excluding carboxylic acids is 2. The third-order valence-corrected chi connectivity index (χ3v) is 10.8. The standard InChI is InChI=1S/C50H88NO8P/c1-3-5-7-9-11-13-15-17-19-21-22-23-24-25-26-27-29-31-33-35-37-39-41-43-50(53)59-48(47-58-60(54,55)57-45-44-51)46-56-49(52)42-40-38-36-34-32-30-28-20-18-16-14-12-10-8-6-4-2/h5,7,11,13,17,19,22-23,25-26,29,31,48H,3-4,6,8-10,12,14-16,18,20-21,24,27-28,30,32-47,51H2,1-2H3,(H,54,55)/b7-5-,13-11-,19-17-,23-22-,26-25-,31-29-. The van der Waals surface area contributed by atoms with Crippen LogP contribution < -0.4 is 5.73 Å². The molecule has 60 heavy (non-hydrogen) atoms. The summed E-state index contributed by atoms with van der Waals surface area (Å²) in [7, 11) is -4.39. The molecule has 0 spiro atoms. The predicted molar refractivity (Wildman–Crippen MR) is 252 cm³/mol. The van der Waals surface area contributed by atoms with Crippen LogP contribution in [0.2, 0.25) is 0 Å². The first-order valence-corrected chi connectivity index (χ1v) is 25.4. The smallest absolute Gasteiger partial charge is 0.462 e. The number of hydrogen-bond donors (Lipinski definition) is 2. The molecule has 346 valence electrons. The summed E-state index contributed by atoms with van der Waals surface area (Å²) in [6.07, 6.45) is 56.4. The van der Waals surface area contributed by atoms with Crippen LogP contribution in [-0.2, 0) is 32.7 Å². The number of unbranched alkanes of at least 4 members (excludes halogenated alkanes) is 19. The summed E-state index contributed by atoms with van der Waals surface area (Å²) < 4.78 is 32.8. The monoisotopic (exact) mass is 862 g/mol. The SMILES string of the molecule is CC/C=C\C/C=C\C/C=C\C/C=C\C/C=C\C/C=C\CCCCCCC(=O)OC(COC(=O)CCCCCCCCCCCCCCCCCC)COP(=O)(O)OCCN. The molecule has 0 aromatic heterocycles. The average molecular weight is 862 g/mol. The van der Waals surface area contributed by atoms with Gasteiger partial charge in [0.1, 0.15) is 6.61 Å². The van der Waals surface area contributed by atoms with Crippen molar-refractivity contribution in [2.45, 2.75) is 206 Å². The van der Waals surface area contributed by atoms with Gasteiger partial charge in [-0.05, 0) is 64.2 Å². The van der Waals surface area contributed by atoms with Crippen LogP contribution in [0.3, 0.4) is 0 Å². The summed E-state index contributed by atoms with van der Waals surface area (Å²) in [6, 6.07) is 0. The third kappa shape index (κ3) is 45.0. The summed E-state index contributed by atoms with van der Waals surface area (Å²) in [5.41, 5.74) is 5.36. The molecule has 0 fully saturated rings. The van der Waals surface area contributed by atoms with Crippen molar-refractivity contribution in [3.63, 3.8) is 0 Å². The summed E-state index contributed by atoms with van der Waals surface area (Å²) in [6.45, 7) is 3.60. The first-order valence-electron chi connectivity index (χ1n) is 23.9.